The van der Waals surface area contributed by atoms with E-state index in [4.69, 9.17) is 5.73 Å². The van der Waals surface area contributed by atoms with Gasteiger partial charge in [0.25, 0.3) is 0 Å². The molecular weight excluding hydrogens is 230 g/mol. The third kappa shape index (κ3) is 1.85. The Morgan fingerprint density at radius 2 is 2.28 bits per heavy atom. The Hall–Kier alpha value is -1.59. The molecule has 2 atom stereocenters. The van der Waals surface area contributed by atoms with Crippen LogP contribution in [0, 0.1) is 0 Å². The molecule has 4 N–H and O–H groups in total. The van der Waals surface area contributed by atoms with E-state index >= 15 is 0 Å². The summed E-state index contributed by atoms with van der Waals surface area (Å²) in [4.78, 5) is 14.1. The van der Waals surface area contributed by atoms with E-state index in [0.29, 0.717) is 13.0 Å². The van der Waals surface area contributed by atoms with Crippen molar-refractivity contribution in [2.24, 2.45) is 0 Å². The molecule has 3 rings (SSSR count). The number of nitrogens with zero attached hydrogens (tertiary/aromatic N) is 1. The molecule has 1 aromatic rings. The largest absolute Gasteiger partial charge is 0.398 e. The molecule has 1 fully saturated rings. The van der Waals surface area contributed by atoms with E-state index in [1.54, 1.807) is 0 Å². The summed E-state index contributed by atoms with van der Waals surface area (Å²) in [5, 5.41) is 12.5. The molecule has 2 heterocycles. The van der Waals surface area contributed by atoms with Crippen LogP contribution in [0.1, 0.15) is 12.0 Å². The Balaban J connectivity index is 1.87. The number of nitrogens with two attached hydrogens (primary N) is 1. The predicted octanol–water partition coefficient (Wildman–Crippen LogP) is 0.199. The highest BCUT2D eigenvalue weighted by Gasteiger charge is 2.35. The lowest BCUT2D eigenvalue weighted by Crippen LogP contribution is -2.47. The van der Waals surface area contributed by atoms with Crippen molar-refractivity contribution in [3.05, 3.63) is 23.8 Å². The van der Waals surface area contributed by atoms with Crippen LogP contribution < -0.4 is 11.1 Å². The van der Waals surface area contributed by atoms with Crippen LogP contribution in [0.25, 0.3) is 0 Å². The molecule has 1 amide bonds. The minimum absolute atomic E-state index is 0.00204. The maximum atomic E-state index is 12.1. The van der Waals surface area contributed by atoms with Gasteiger partial charge in [0.05, 0.1) is 12.1 Å². The second-order valence-corrected chi connectivity index (χ2v) is 5.02. The van der Waals surface area contributed by atoms with Gasteiger partial charge < -0.3 is 16.2 Å². The third-order valence-electron chi connectivity index (χ3n) is 3.81. The van der Waals surface area contributed by atoms with Crippen LogP contribution >= 0.6 is 0 Å². The second-order valence-electron chi connectivity index (χ2n) is 5.02. The maximum absolute atomic E-state index is 12.1. The van der Waals surface area contributed by atoms with Gasteiger partial charge in [0.15, 0.2) is 0 Å². The molecular formula is C13H17N3O2. The number of fused-ring (bicyclic) bond motifs is 1. The number of aliphatic hydroxyl groups excluding tert-OH is 1. The number of β-amino-alcohol motifs (C(OH)–C–C–N with tert-alkyl or cyclic N) is 1. The van der Waals surface area contributed by atoms with Crippen molar-refractivity contribution in [1.82, 2.24) is 4.90 Å². The molecule has 96 valence electrons. The first-order valence-corrected chi connectivity index (χ1v) is 6.25. The summed E-state index contributed by atoms with van der Waals surface area (Å²) < 4.78 is 0. The van der Waals surface area contributed by atoms with Crippen molar-refractivity contribution in [3.8, 4) is 0 Å². The fraction of sp³-hybridized carbons (Fsp3) is 0.462. The van der Waals surface area contributed by atoms with E-state index in [1.807, 2.05) is 23.1 Å². The van der Waals surface area contributed by atoms with Gasteiger partial charge >= 0.3 is 0 Å². The number of anilines is 2. The van der Waals surface area contributed by atoms with Crippen molar-refractivity contribution in [3.63, 3.8) is 0 Å². The van der Waals surface area contributed by atoms with Crippen LogP contribution in [-0.4, -0.2) is 41.1 Å². The zero-order chi connectivity index (χ0) is 12.7. The summed E-state index contributed by atoms with van der Waals surface area (Å²) >= 11 is 0. The number of carbonyl (C=O) groups excluding carboxylic acids is 1. The first-order valence-electron chi connectivity index (χ1n) is 6.25. The van der Waals surface area contributed by atoms with E-state index in [2.05, 4.69) is 5.32 Å². The Bertz CT molecular complexity index is 489. The molecule has 0 saturated carbocycles. The maximum Gasteiger partial charge on any atom is 0.242 e. The minimum Gasteiger partial charge on any atom is -0.398 e. The monoisotopic (exact) mass is 247 g/mol. The van der Waals surface area contributed by atoms with Crippen LogP contribution in [0.15, 0.2) is 18.2 Å². The fourth-order valence-corrected chi connectivity index (χ4v) is 2.80. The minimum atomic E-state index is -0.313. The van der Waals surface area contributed by atoms with Crippen LogP contribution in [0.4, 0.5) is 11.4 Å². The average molecular weight is 247 g/mol. The quantitative estimate of drug-likeness (QED) is 0.619. The summed E-state index contributed by atoms with van der Waals surface area (Å²) in [6, 6.07) is 5.36. The molecule has 1 aromatic carbocycles. The topological polar surface area (TPSA) is 78.6 Å². The Morgan fingerprint density at radius 1 is 1.44 bits per heavy atom. The number of nitrogen functional groups attached to an aromatic ring is 1. The lowest BCUT2D eigenvalue weighted by molar-refractivity contribution is -0.121. The number of amides is 1. The van der Waals surface area contributed by atoms with Crippen LogP contribution in [-0.2, 0) is 11.2 Å². The smallest absolute Gasteiger partial charge is 0.242 e. The number of aliphatic hydroxyl groups is 1. The first-order chi connectivity index (χ1) is 8.65. The second kappa shape index (κ2) is 4.26. The summed E-state index contributed by atoms with van der Waals surface area (Å²) in [7, 11) is 0. The molecule has 1 unspecified atom stereocenters. The molecule has 2 aliphatic heterocycles. The number of hydrogen-bond acceptors (Lipinski definition) is 4. The normalized spacial score (nSPS) is 27.9. The van der Waals surface area contributed by atoms with E-state index in [9.17, 15) is 9.90 Å². The number of nitrogens with one attached hydrogen (secondary N) is 1. The Morgan fingerprint density at radius 3 is 3.00 bits per heavy atom. The van der Waals surface area contributed by atoms with Gasteiger partial charge in [-0.15, -0.1) is 0 Å². The van der Waals surface area contributed by atoms with E-state index < -0.39 is 0 Å². The van der Waals surface area contributed by atoms with Gasteiger partial charge in [-0.05, 0) is 18.6 Å². The van der Waals surface area contributed by atoms with Crippen LogP contribution in [0.3, 0.4) is 0 Å². The van der Waals surface area contributed by atoms with Gasteiger partial charge in [-0.2, -0.15) is 0 Å². The zero-order valence-corrected chi connectivity index (χ0v) is 10.1. The van der Waals surface area contributed by atoms with Crippen molar-refractivity contribution in [2.75, 3.05) is 24.1 Å². The first kappa shape index (κ1) is 11.5. The molecule has 2 aliphatic rings. The van der Waals surface area contributed by atoms with Gasteiger partial charge in [0.2, 0.25) is 5.91 Å². The Labute approximate surface area is 106 Å². The number of rotatable bonds is 1. The van der Waals surface area contributed by atoms with Gasteiger partial charge in [0, 0.05) is 36.4 Å². The van der Waals surface area contributed by atoms with E-state index in [0.717, 1.165) is 29.9 Å². The molecule has 18 heavy (non-hydrogen) atoms. The summed E-state index contributed by atoms with van der Waals surface area (Å²) in [6.45, 7) is 1.33. The number of likely N-dealkylation sites (tertiary alicyclic amines) is 1. The van der Waals surface area contributed by atoms with E-state index in [-0.39, 0.29) is 18.1 Å². The number of carbonyl (C=O) groups is 1. The molecule has 1 saturated heterocycles. The summed E-state index contributed by atoms with van der Waals surface area (Å²) in [6.07, 6.45) is 1.05. The summed E-state index contributed by atoms with van der Waals surface area (Å²) in [5.41, 5.74) is 8.49. The predicted molar refractivity (Wildman–Crippen MR) is 69.2 cm³/mol. The lowest BCUT2D eigenvalue weighted by atomic mass is 9.96. The average Bonchev–Trinajstić information content (AvgIpc) is 2.75. The standard InChI is InChI=1S/C13H17N3O2/c14-10-2-1-3-11-9(10)6-12(13(18)15-11)16-5-4-8(17)7-16/h1-3,8,12,17H,4-7,14H2,(H,15,18)/t8-,12?/m0/s1. The van der Waals surface area contributed by atoms with Crippen molar-refractivity contribution in [2.45, 2.75) is 25.0 Å². The molecule has 5 heteroatoms. The van der Waals surface area contributed by atoms with Crippen LogP contribution in [0.2, 0.25) is 0 Å². The SMILES string of the molecule is Nc1cccc2c1CC(N1CC[C@H](O)C1)C(=O)N2. The van der Waals surface area contributed by atoms with Crippen molar-refractivity contribution < 1.29 is 9.90 Å². The molecule has 0 aliphatic carbocycles. The number of benzene rings is 1. The molecule has 0 aromatic heterocycles. The molecule has 0 spiro atoms. The molecule has 0 radical (unpaired) electrons. The van der Waals surface area contributed by atoms with Gasteiger partial charge in [-0.3, -0.25) is 9.69 Å². The van der Waals surface area contributed by atoms with Crippen LogP contribution in [0.5, 0.6) is 0 Å². The van der Waals surface area contributed by atoms with E-state index in [1.165, 1.54) is 0 Å². The van der Waals surface area contributed by atoms with Crippen molar-refractivity contribution in [1.29, 1.82) is 0 Å². The third-order valence-corrected chi connectivity index (χ3v) is 3.81. The number of hydrogen-bond donors (Lipinski definition) is 3. The fourth-order valence-electron chi connectivity index (χ4n) is 2.80. The Kier molecular flexibility index (Phi) is 2.72. The van der Waals surface area contributed by atoms with Gasteiger partial charge in [-0.1, -0.05) is 6.07 Å². The van der Waals surface area contributed by atoms with Gasteiger partial charge in [-0.25, -0.2) is 0 Å². The molecule has 5 nitrogen and oxygen atoms in total. The van der Waals surface area contributed by atoms with Gasteiger partial charge in [0.1, 0.15) is 0 Å². The zero-order valence-electron chi connectivity index (χ0n) is 10.1. The highest BCUT2D eigenvalue weighted by Crippen LogP contribution is 2.30. The summed E-state index contributed by atoms with van der Waals surface area (Å²) in [5.74, 6) is 0.00204. The lowest BCUT2D eigenvalue weighted by Gasteiger charge is -2.31. The van der Waals surface area contributed by atoms with Crippen molar-refractivity contribution >= 4 is 17.3 Å². The highest BCUT2D eigenvalue weighted by molar-refractivity contribution is 5.99. The molecule has 0 bridgehead atoms. The highest BCUT2D eigenvalue weighted by atomic mass is 16.3.